The number of piperazine rings is 1. The molecule has 0 saturated carbocycles. The van der Waals surface area contributed by atoms with Crippen LogP contribution >= 0.6 is 0 Å². The van der Waals surface area contributed by atoms with E-state index < -0.39 is 6.04 Å². The Morgan fingerprint density at radius 2 is 1.72 bits per heavy atom. The van der Waals surface area contributed by atoms with Crippen LogP contribution in [0.15, 0.2) is 77.6 Å². The predicted molar refractivity (Wildman–Crippen MR) is 145 cm³/mol. The van der Waals surface area contributed by atoms with Gasteiger partial charge in [-0.05, 0) is 70.8 Å². The van der Waals surface area contributed by atoms with Gasteiger partial charge in [-0.3, -0.25) is 9.69 Å². The number of fused-ring (bicyclic) bond motifs is 1. The molecule has 1 atom stereocenters. The molecule has 1 N–H and O–H groups in total. The van der Waals surface area contributed by atoms with E-state index in [9.17, 15) is 13.6 Å². The molecule has 2 aromatic heterocycles. The number of H-pyrrole nitrogens is 1. The van der Waals surface area contributed by atoms with Crippen molar-refractivity contribution in [2.24, 2.45) is 0 Å². The quantitative estimate of drug-likeness (QED) is 0.359. The molecule has 3 heterocycles. The van der Waals surface area contributed by atoms with E-state index >= 15 is 0 Å². The van der Waals surface area contributed by atoms with E-state index in [1.54, 1.807) is 28.9 Å². The molecule has 1 fully saturated rings. The standard InChI is InChI=1S/C29H27F2N7O/c1-19-6-11-25-21(16-19)17-23(29(39)32-25)27(28-33-34-35-38(28)18-20-7-9-22(30)10-8-20)37-14-12-36(13-15-37)26-5-3-2-4-24(26)31/h2-11,16-17,27H,12-15,18H2,1H3,(H,32,39)/t27-/m1/s1. The highest BCUT2D eigenvalue weighted by molar-refractivity contribution is 5.79. The topological polar surface area (TPSA) is 82.9 Å². The fourth-order valence-corrected chi connectivity index (χ4v) is 5.26. The summed E-state index contributed by atoms with van der Waals surface area (Å²) in [6.45, 7) is 4.59. The van der Waals surface area contributed by atoms with Crippen LogP contribution in [0.1, 0.15) is 28.6 Å². The fourth-order valence-electron chi connectivity index (χ4n) is 5.26. The van der Waals surface area contributed by atoms with E-state index in [1.807, 2.05) is 42.2 Å². The molecule has 3 aromatic carbocycles. The molecule has 0 bridgehead atoms. The van der Waals surface area contributed by atoms with Gasteiger partial charge in [-0.25, -0.2) is 13.5 Å². The van der Waals surface area contributed by atoms with Crippen LogP contribution in [0.5, 0.6) is 0 Å². The van der Waals surface area contributed by atoms with Crippen LogP contribution in [-0.2, 0) is 6.54 Å². The maximum Gasteiger partial charge on any atom is 0.253 e. The number of rotatable bonds is 6. The van der Waals surface area contributed by atoms with E-state index in [0.717, 1.165) is 22.0 Å². The van der Waals surface area contributed by atoms with Crippen molar-refractivity contribution in [1.29, 1.82) is 0 Å². The van der Waals surface area contributed by atoms with Crippen molar-refractivity contribution in [2.75, 3.05) is 31.1 Å². The molecule has 10 heteroatoms. The molecule has 0 aliphatic carbocycles. The second kappa shape index (κ2) is 10.4. The summed E-state index contributed by atoms with van der Waals surface area (Å²) in [5.74, 6) is -0.0671. The molecule has 39 heavy (non-hydrogen) atoms. The summed E-state index contributed by atoms with van der Waals surface area (Å²) >= 11 is 0. The van der Waals surface area contributed by atoms with Gasteiger partial charge in [0.25, 0.3) is 5.56 Å². The number of nitrogens with one attached hydrogen (secondary N) is 1. The van der Waals surface area contributed by atoms with Gasteiger partial charge in [-0.2, -0.15) is 0 Å². The zero-order valence-corrected chi connectivity index (χ0v) is 21.4. The lowest BCUT2D eigenvalue weighted by atomic mass is 10.0. The van der Waals surface area contributed by atoms with Gasteiger partial charge < -0.3 is 9.88 Å². The van der Waals surface area contributed by atoms with Gasteiger partial charge in [-0.15, -0.1) is 5.10 Å². The first-order valence-corrected chi connectivity index (χ1v) is 12.8. The first kappa shape index (κ1) is 24.9. The lowest BCUT2D eigenvalue weighted by molar-refractivity contribution is 0.200. The number of aromatic nitrogens is 5. The molecule has 6 rings (SSSR count). The predicted octanol–water partition coefficient (Wildman–Crippen LogP) is 4.06. The SMILES string of the molecule is Cc1ccc2[nH]c(=O)c([C@H](c3nnnn3Cc3ccc(F)cc3)N3CCN(c4ccccc4F)CC3)cc2c1. The number of hydrogen-bond acceptors (Lipinski definition) is 6. The van der Waals surface area contributed by atoms with Gasteiger partial charge in [0.05, 0.1) is 12.2 Å². The summed E-state index contributed by atoms with van der Waals surface area (Å²) in [5, 5.41) is 13.5. The van der Waals surface area contributed by atoms with Crippen molar-refractivity contribution < 1.29 is 8.78 Å². The number of halogens is 2. The van der Waals surface area contributed by atoms with Gasteiger partial charge in [0.1, 0.15) is 17.7 Å². The Morgan fingerprint density at radius 3 is 2.49 bits per heavy atom. The number of nitrogens with zero attached hydrogens (tertiary/aromatic N) is 6. The molecule has 5 aromatic rings. The lowest BCUT2D eigenvalue weighted by Gasteiger charge is -2.39. The van der Waals surface area contributed by atoms with Crippen LogP contribution in [0, 0.1) is 18.6 Å². The minimum atomic E-state index is -0.545. The van der Waals surface area contributed by atoms with Gasteiger partial charge in [0, 0.05) is 37.3 Å². The van der Waals surface area contributed by atoms with E-state index in [0.29, 0.717) is 49.8 Å². The van der Waals surface area contributed by atoms with E-state index in [4.69, 9.17) is 0 Å². The van der Waals surface area contributed by atoms with Gasteiger partial charge >= 0.3 is 0 Å². The largest absolute Gasteiger partial charge is 0.367 e. The zero-order valence-electron chi connectivity index (χ0n) is 21.4. The third-order valence-corrected chi connectivity index (χ3v) is 7.25. The third kappa shape index (κ3) is 5.03. The summed E-state index contributed by atoms with van der Waals surface area (Å²) in [6.07, 6.45) is 0. The molecule has 0 spiro atoms. The smallest absolute Gasteiger partial charge is 0.253 e. The average molecular weight is 528 g/mol. The van der Waals surface area contributed by atoms with Crippen molar-refractivity contribution in [3.8, 4) is 0 Å². The van der Waals surface area contributed by atoms with E-state index in [-0.39, 0.29) is 17.2 Å². The Kier molecular flexibility index (Phi) is 6.62. The number of pyridine rings is 1. The average Bonchev–Trinajstić information content (AvgIpc) is 3.39. The number of benzene rings is 3. The fraction of sp³-hybridized carbons (Fsp3) is 0.241. The molecule has 1 saturated heterocycles. The van der Waals surface area contributed by atoms with Gasteiger partial charge in [-0.1, -0.05) is 35.9 Å². The summed E-state index contributed by atoms with van der Waals surface area (Å²) in [4.78, 5) is 20.7. The van der Waals surface area contributed by atoms with Crippen molar-refractivity contribution in [2.45, 2.75) is 19.5 Å². The maximum atomic E-state index is 14.5. The highest BCUT2D eigenvalue weighted by atomic mass is 19.1. The Morgan fingerprint density at radius 1 is 0.949 bits per heavy atom. The second-order valence-corrected chi connectivity index (χ2v) is 9.84. The Bertz CT molecular complexity index is 1670. The van der Waals surface area contributed by atoms with Crippen LogP contribution in [0.2, 0.25) is 0 Å². The van der Waals surface area contributed by atoms with Crippen LogP contribution < -0.4 is 10.5 Å². The Balaban J connectivity index is 1.39. The molecule has 0 radical (unpaired) electrons. The van der Waals surface area contributed by atoms with Crippen molar-refractivity contribution in [1.82, 2.24) is 30.1 Å². The van der Waals surface area contributed by atoms with E-state index in [1.165, 1.54) is 18.2 Å². The number of aryl methyl sites for hydroxylation is 1. The summed E-state index contributed by atoms with van der Waals surface area (Å²) < 4.78 is 29.6. The summed E-state index contributed by atoms with van der Waals surface area (Å²) in [5.41, 5.74) is 3.54. The third-order valence-electron chi connectivity index (χ3n) is 7.25. The molecule has 0 unspecified atom stereocenters. The minimum absolute atomic E-state index is 0.218. The number of aromatic amines is 1. The first-order chi connectivity index (χ1) is 19.0. The maximum absolute atomic E-state index is 14.5. The number of tetrazole rings is 1. The van der Waals surface area contributed by atoms with Crippen LogP contribution in [0.3, 0.4) is 0 Å². The van der Waals surface area contributed by atoms with Crippen LogP contribution in [0.4, 0.5) is 14.5 Å². The number of hydrogen-bond donors (Lipinski definition) is 1. The molecular weight excluding hydrogens is 500 g/mol. The second-order valence-electron chi connectivity index (χ2n) is 9.84. The normalized spacial score (nSPS) is 15.1. The molecule has 8 nitrogen and oxygen atoms in total. The van der Waals surface area contributed by atoms with Crippen LogP contribution in [0.25, 0.3) is 10.9 Å². The van der Waals surface area contributed by atoms with Crippen molar-refractivity contribution >= 4 is 16.6 Å². The van der Waals surface area contributed by atoms with E-state index in [2.05, 4.69) is 25.4 Å². The Hall–Kier alpha value is -4.44. The summed E-state index contributed by atoms with van der Waals surface area (Å²) in [6, 6.07) is 20.2. The monoisotopic (exact) mass is 527 g/mol. The molecule has 0 amide bonds. The minimum Gasteiger partial charge on any atom is -0.367 e. The van der Waals surface area contributed by atoms with Crippen molar-refractivity contribution in [3.63, 3.8) is 0 Å². The number of anilines is 1. The molecule has 198 valence electrons. The molecule has 1 aliphatic heterocycles. The highest BCUT2D eigenvalue weighted by Gasteiger charge is 2.33. The zero-order chi connectivity index (χ0) is 26.9. The van der Waals surface area contributed by atoms with Crippen molar-refractivity contribution in [3.05, 3.63) is 117 Å². The van der Waals surface area contributed by atoms with Gasteiger partial charge in [0.15, 0.2) is 5.82 Å². The highest BCUT2D eigenvalue weighted by Crippen LogP contribution is 2.30. The van der Waals surface area contributed by atoms with Crippen LogP contribution in [-0.4, -0.2) is 56.3 Å². The Labute approximate surface area is 223 Å². The lowest BCUT2D eigenvalue weighted by Crippen LogP contribution is -2.49. The van der Waals surface area contributed by atoms with Gasteiger partial charge in [0.2, 0.25) is 0 Å². The molecular formula is C29H27F2N7O. The molecule has 1 aliphatic rings. The first-order valence-electron chi connectivity index (χ1n) is 12.8. The summed E-state index contributed by atoms with van der Waals surface area (Å²) in [7, 11) is 0. The number of para-hydroxylation sites is 1.